The number of thiophene rings is 1. The van der Waals surface area contributed by atoms with E-state index < -0.39 is 5.72 Å². The molecule has 0 radical (unpaired) electrons. The van der Waals surface area contributed by atoms with Crippen LogP contribution in [0.15, 0.2) is 52.9 Å². The van der Waals surface area contributed by atoms with Crippen LogP contribution in [-0.4, -0.2) is 38.9 Å². The standard InChI is InChI=1S/C20H23N3OS2/c1-15-9-11-22(12-10-15)19(25)23-20(24,18-8-5-13-26-18)14-17(21-23)16-6-3-2-4-7-16/h2-8,13,15,24H,9-12,14H2,1H3. The van der Waals surface area contributed by atoms with Gasteiger partial charge in [0.05, 0.1) is 10.6 Å². The third kappa shape index (κ3) is 3.17. The molecule has 0 aliphatic carbocycles. The zero-order valence-corrected chi connectivity index (χ0v) is 16.5. The molecule has 2 aliphatic rings. The van der Waals surface area contributed by atoms with Crippen molar-refractivity contribution in [2.24, 2.45) is 11.0 Å². The summed E-state index contributed by atoms with van der Waals surface area (Å²) in [4.78, 5) is 3.06. The number of benzene rings is 1. The predicted octanol–water partition coefficient (Wildman–Crippen LogP) is 4.02. The van der Waals surface area contributed by atoms with Gasteiger partial charge in [-0.3, -0.25) is 0 Å². The lowest BCUT2D eigenvalue weighted by Gasteiger charge is -2.39. The Bertz CT molecular complexity index is 798. The van der Waals surface area contributed by atoms with Crippen LogP contribution in [0.2, 0.25) is 0 Å². The average Bonchev–Trinajstić information content (AvgIpc) is 3.31. The topological polar surface area (TPSA) is 39.1 Å². The largest absolute Gasteiger partial charge is 0.364 e. The van der Waals surface area contributed by atoms with Gasteiger partial charge in [-0.05, 0) is 48.0 Å². The normalized spacial score (nSPS) is 24.0. The van der Waals surface area contributed by atoms with E-state index in [1.54, 1.807) is 16.3 Å². The van der Waals surface area contributed by atoms with Gasteiger partial charge >= 0.3 is 0 Å². The summed E-state index contributed by atoms with van der Waals surface area (Å²) in [6.07, 6.45) is 2.68. The van der Waals surface area contributed by atoms with Gasteiger partial charge in [-0.15, -0.1) is 11.3 Å². The molecule has 0 saturated carbocycles. The molecule has 4 rings (SSSR count). The molecule has 1 aromatic heterocycles. The number of likely N-dealkylation sites (tertiary alicyclic amines) is 1. The highest BCUT2D eigenvalue weighted by molar-refractivity contribution is 7.80. The molecule has 1 fully saturated rings. The van der Waals surface area contributed by atoms with E-state index in [2.05, 4.69) is 11.8 Å². The summed E-state index contributed by atoms with van der Waals surface area (Å²) in [7, 11) is 0. The molecule has 2 aliphatic heterocycles. The van der Waals surface area contributed by atoms with Crippen LogP contribution in [0.5, 0.6) is 0 Å². The third-order valence-corrected chi connectivity index (χ3v) is 6.68. The predicted molar refractivity (Wildman–Crippen MR) is 110 cm³/mol. The van der Waals surface area contributed by atoms with Crippen molar-refractivity contribution in [2.75, 3.05) is 13.1 Å². The van der Waals surface area contributed by atoms with Crippen molar-refractivity contribution in [3.63, 3.8) is 0 Å². The molecule has 26 heavy (non-hydrogen) atoms. The lowest BCUT2D eigenvalue weighted by Crippen LogP contribution is -2.51. The first kappa shape index (κ1) is 17.6. The smallest absolute Gasteiger partial charge is 0.202 e. The van der Waals surface area contributed by atoms with Crippen molar-refractivity contribution in [1.29, 1.82) is 0 Å². The number of thiocarbonyl (C=S) groups is 1. The number of piperidine rings is 1. The first-order chi connectivity index (χ1) is 12.6. The lowest BCUT2D eigenvalue weighted by molar-refractivity contribution is -0.0590. The maximum Gasteiger partial charge on any atom is 0.202 e. The molecule has 0 bridgehead atoms. The SMILES string of the molecule is CC1CCN(C(=S)N2N=C(c3ccccc3)CC2(O)c2cccs2)CC1. The molecule has 6 heteroatoms. The van der Waals surface area contributed by atoms with Gasteiger partial charge < -0.3 is 10.0 Å². The minimum absolute atomic E-state index is 0.432. The Morgan fingerprint density at radius 1 is 1.19 bits per heavy atom. The van der Waals surface area contributed by atoms with E-state index in [4.69, 9.17) is 17.3 Å². The fraction of sp³-hybridized carbons (Fsp3) is 0.400. The fourth-order valence-electron chi connectivity index (χ4n) is 3.57. The Balaban J connectivity index is 1.67. The Kier molecular flexibility index (Phi) is 4.82. The van der Waals surface area contributed by atoms with Crippen molar-refractivity contribution in [2.45, 2.75) is 31.9 Å². The molecule has 136 valence electrons. The summed E-state index contributed by atoms with van der Waals surface area (Å²) in [6, 6.07) is 14.0. The summed E-state index contributed by atoms with van der Waals surface area (Å²) in [5.41, 5.74) is 0.689. The first-order valence-electron chi connectivity index (χ1n) is 9.06. The molecule has 4 nitrogen and oxygen atoms in total. The lowest BCUT2D eigenvalue weighted by atomic mass is 9.99. The molecular formula is C20H23N3OS2. The highest BCUT2D eigenvalue weighted by Crippen LogP contribution is 2.40. The minimum atomic E-state index is -1.21. The summed E-state index contributed by atoms with van der Waals surface area (Å²) < 4.78 is 0. The average molecular weight is 386 g/mol. The summed E-state index contributed by atoms with van der Waals surface area (Å²) >= 11 is 7.33. The van der Waals surface area contributed by atoms with Crippen molar-refractivity contribution in [3.8, 4) is 0 Å². The number of rotatable bonds is 2. The van der Waals surface area contributed by atoms with E-state index in [1.165, 1.54) is 0 Å². The van der Waals surface area contributed by atoms with Crippen molar-refractivity contribution >= 4 is 34.4 Å². The van der Waals surface area contributed by atoms with Gasteiger partial charge in [0.15, 0.2) is 5.11 Å². The van der Waals surface area contributed by atoms with Crippen LogP contribution in [-0.2, 0) is 5.72 Å². The van der Waals surface area contributed by atoms with Crippen molar-refractivity contribution in [1.82, 2.24) is 9.91 Å². The maximum absolute atomic E-state index is 11.6. The van der Waals surface area contributed by atoms with Gasteiger partial charge in [0.2, 0.25) is 5.72 Å². The Hall–Kier alpha value is -1.76. The summed E-state index contributed by atoms with van der Waals surface area (Å²) in [5, 5.41) is 20.7. The van der Waals surface area contributed by atoms with Gasteiger partial charge in [0.25, 0.3) is 0 Å². The van der Waals surface area contributed by atoms with E-state index >= 15 is 0 Å². The van der Waals surface area contributed by atoms with Crippen molar-refractivity contribution in [3.05, 3.63) is 58.3 Å². The third-order valence-electron chi connectivity index (χ3n) is 5.24. The van der Waals surface area contributed by atoms with Crippen LogP contribution in [0.25, 0.3) is 0 Å². The van der Waals surface area contributed by atoms with Gasteiger partial charge in [0, 0.05) is 19.5 Å². The number of hydrazone groups is 1. The maximum atomic E-state index is 11.6. The van der Waals surface area contributed by atoms with E-state index in [9.17, 15) is 5.11 Å². The van der Waals surface area contributed by atoms with Crippen LogP contribution in [0, 0.1) is 5.92 Å². The van der Waals surface area contributed by atoms with Crippen LogP contribution in [0.4, 0.5) is 0 Å². The second-order valence-corrected chi connectivity index (χ2v) is 8.46. The molecule has 1 N–H and O–H groups in total. The number of nitrogens with zero attached hydrogens (tertiary/aromatic N) is 3. The zero-order chi connectivity index (χ0) is 18.1. The van der Waals surface area contributed by atoms with E-state index in [0.717, 1.165) is 48.0 Å². The quantitative estimate of drug-likeness (QED) is 0.793. The van der Waals surface area contributed by atoms with Crippen LogP contribution in [0.1, 0.15) is 36.6 Å². The number of hydrogen-bond donors (Lipinski definition) is 1. The molecule has 1 unspecified atom stereocenters. The molecule has 1 atom stereocenters. The van der Waals surface area contributed by atoms with Crippen molar-refractivity contribution < 1.29 is 5.11 Å². The van der Waals surface area contributed by atoms with Gasteiger partial charge in [-0.2, -0.15) is 5.10 Å². The van der Waals surface area contributed by atoms with Crippen LogP contribution >= 0.6 is 23.6 Å². The van der Waals surface area contributed by atoms with E-state index in [0.29, 0.717) is 11.5 Å². The zero-order valence-electron chi connectivity index (χ0n) is 14.8. The Labute approximate surface area is 163 Å². The van der Waals surface area contributed by atoms with Gasteiger partial charge in [0.1, 0.15) is 0 Å². The minimum Gasteiger partial charge on any atom is -0.364 e. The fourth-order valence-corrected chi connectivity index (χ4v) is 4.75. The molecule has 2 aromatic rings. The summed E-state index contributed by atoms with van der Waals surface area (Å²) in [5.74, 6) is 0.729. The Morgan fingerprint density at radius 2 is 1.92 bits per heavy atom. The van der Waals surface area contributed by atoms with Gasteiger partial charge in [-0.1, -0.05) is 43.3 Å². The molecule has 0 amide bonds. The Morgan fingerprint density at radius 3 is 2.58 bits per heavy atom. The second-order valence-electron chi connectivity index (χ2n) is 7.15. The molecule has 1 saturated heterocycles. The monoisotopic (exact) mass is 385 g/mol. The van der Waals surface area contributed by atoms with E-state index in [1.807, 2.05) is 47.8 Å². The molecular weight excluding hydrogens is 362 g/mol. The van der Waals surface area contributed by atoms with E-state index in [-0.39, 0.29) is 0 Å². The number of aliphatic hydroxyl groups is 1. The van der Waals surface area contributed by atoms with Gasteiger partial charge in [-0.25, -0.2) is 5.01 Å². The summed E-state index contributed by atoms with van der Waals surface area (Å²) in [6.45, 7) is 4.13. The number of hydrogen-bond acceptors (Lipinski definition) is 4. The van der Waals surface area contributed by atoms with Crippen LogP contribution < -0.4 is 0 Å². The molecule has 3 heterocycles. The van der Waals surface area contributed by atoms with Crippen LogP contribution in [0.3, 0.4) is 0 Å². The highest BCUT2D eigenvalue weighted by Gasteiger charge is 2.46. The second kappa shape index (κ2) is 7.10. The molecule has 0 spiro atoms. The first-order valence-corrected chi connectivity index (χ1v) is 10.3. The molecule has 1 aromatic carbocycles. The highest BCUT2D eigenvalue weighted by atomic mass is 32.1.